The van der Waals surface area contributed by atoms with Gasteiger partial charge in [0.15, 0.2) is 0 Å². The van der Waals surface area contributed by atoms with Crippen molar-refractivity contribution in [3.63, 3.8) is 0 Å². The Balaban J connectivity index is 2.10. The lowest BCUT2D eigenvalue weighted by Crippen LogP contribution is -2.49. The lowest BCUT2D eigenvalue weighted by atomic mass is 10.0. The van der Waals surface area contributed by atoms with Crippen molar-refractivity contribution in [3.8, 4) is 0 Å². The molecule has 1 aliphatic rings. The Morgan fingerprint density at radius 2 is 1.79 bits per heavy atom. The van der Waals surface area contributed by atoms with Gasteiger partial charge >= 0.3 is 0 Å². The average molecular weight is 351 g/mol. The molecule has 0 aliphatic carbocycles. The van der Waals surface area contributed by atoms with E-state index in [1.165, 1.54) is 20.7 Å². The van der Waals surface area contributed by atoms with E-state index in [2.05, 4.69) is 4.57 Å². The Hall–Kier alpha value is -1.70. The van der Waals surface area contributed by atoms with Crippen molar-refractivity contribution in [2.45, 2.75) is 26.4 Å². The molecule has 0 radical (unpaired) electrons. The molecule has 0 saturated carbocycles. The van der Waals surface area contributed by atoms with Crippen LogP contribution in [0.25, 0.3) is 0 Å². The fourth-order valence-electron chi connectivity index (χ4n) is 3.29. The van der Waals surface area contributed by atoms with Crippen LogP contribution in [0.15, 0.2) is 42.6 Å². The second-order valence-electron chi connectivity index (χ2n) is 5.78. The van der Waals surface area contributed by atoms with E-state index in [-0.39, 0.29) is 5.82 Å². The molecule has 0 bridgehead atoms. The standard InChI is InChI=1S/C17H22FN3O2S/c1-3-20(4-2)24(22,23)21-13-12-19-11-5-6-16(19)17(21)14-7-9-15(18)10-8-14/h5-11,17H,3-4,12-13H2,1-2H3. The number of aromatic nitrogens is 1. The lowest BCUT2D eigenvalue weighted by molar-refractivity contribution is 0.271. The van der Waals surface area contributed by atoms with Crippen molar-refractivity contribution in [3.05, 3.63) is 59.7 Å². The van der Waals surface area contributed by atoms with Gasteiger partial charge in [-0.05, 0) is 29.8 Å². The van der Waals surface area contributed by atoms with E-state index in [0.29, 0.717) is 26.2 Å². The Labute approximate surface area is 142 Å². The second-order valence-corrected chi connectivity index (χ2v) is 7.66. The molecule has 1 aliphatic heterocycles. The number of hydrogen-bond donors (Lipinski definition) is 0. The van der Waals surface area contributed by atoms with Crippen LogP contribution in [0, 0.1) is 5.82 Å². The predicted octanol–water partition coefficient (Wildman–Crippen LogP) is 2.62. The van der Waals surface area contributed by atoms with Crippen molar-refractivity contribution in [2.75, 3.05) is 19.6 Å². The number of halogens is 1. The third-order valence-electron chi connectivity index (χ3n) is 4.51. The molecule has 2 heterocycles. The summed E-state index contributed by atoms with van der Waals surface area (Å²) in [6.07, 6.45) is 1.95. The smallest absolute Gasteiger partial charge is 0.282 e. The van der Waals surface area contributed by atoms with E-state index in [1.54, 1.807) is 12.1 Å². The summed E-state index contributed by atoms with van der Waals surface area (Å²) in [5.74, 6) is -0.330. The van der Waals surface area contributed by atoms with Crippen molar-refractivity contribution in [1.82, 2.24) is 13.2 Å². The molecular formula is C17H22FN3O2S. The van der Waals surface area contributed by atoms with Gasteiger partial charge in [-0.1, -0.05) is 26.0 Å². The van der Waals surface area contributed by atoms with E-state index >= 15 is 0 Å². The largest absolute Gasteiger partial charge is 0.348 e. The van der Waals surface area contributed by atoms with Gasteiger partial charge in [0.05, 0.1) is 6.04 Å². The molecule has 3 rings (SSSR count). The molecule has 0 N–H and O–H groups in total. The first-order valence-electron chi connectivity index (χ1n) is 8.16. The van der Waals surface area contributed by atoms with E-state index in [0.717, 1.165) is 11.3 Å². The van der Waals surface area contributed by atoms with E-state index in [4.69, 9.17) is 0 Å². The first-order chi connectivity index (χ1) is 11.5. The highest BCUT2D eigenvalue weighted by Crippen LogP contribution is 2.35. The van der Waals surface area contributed by atoms with E-state index in [9.17, 15) is 12.8 Å². The van der Waals surface area contributed by atoms with E-state index in [1.807, 2.05) is 32.2 Å². The van der Waals surface area contributed by atoms with Crippen molar-refractivity contribution in [1.29, 1.82) is 0 Å². The molecule has 130 valence electrons. The highest BCUT2D eigenvalue weighted by Gasteiger charge is 2.38. The zero-order valence-corrected chi connectivity index (χ0v) is 14.7. The quantitative estimate of drug-likeness (QED) is 0.831. The zero-order valence-electron chi connectivity index (χ0n) is 13.9. The van der Waals surface area contributed by atoms with E-state index < -0.39 is 16.3 Å². The normalized spacial score (nSPS) is 18.8. The third-order valence-corrected chi connectivity index (χ3v) is 6.66. The zero-order chi connectivity index (χ0) is 17.3. The van der Waals surface area contributed by atoms with Crippen LogP contribution in [0.2, 0.25) is 0 Å². The first-order valence-corrected chi connectivity index (χ1v) is 9.56. The molecule has 0 spiro atoms. The monoisotopic (exact) mass is 351 g/mol. The third kappa shape index (κ3) is 2.87. The Morgan fingerprint density at radius 3 is 2.42 bits per heavy atom. The highest BCUT2D eigenvalue weighted by molar-refractivity contribution is 7.86. The lowest BCUT2D eigenvalue weighted by Gasteiger charge is -2.38. The Kier molecular flexibility index (Phi) is 4.76. The van der Waals surface area contributed by atoms with Crippen LogP contribution >= 0.6 is 0 Å². The molecule has 5 nitrogen and oxygen atoms in total. The van der Waals surface area contributed by atoms with Gasteiger partial charge in [-0.2, -0.15) is 17.0 Å². The van der Waals surface area contributed by atoms with Crippen LogP contribution in [-0.2, 0) is 16.8 Å². The van der Waals surface area contributed by atoms with Crippen LogP contribution in [-0.4, -0.2) is 41.2 Å². The van der Waals surface area contributed by atoms with Gasteiger partial charge in [0.2, 0.25) is 0 Å². The van der Waals surface area contributed by atoms with Crippen molar-refractivity contribution < 1.29 is 12.8 Å². The van der Waals surface area contributed by atoms with Crippen molar-refractivity contribution in [2.24, 2.45) is 0 Å². The number of rotatable bonds is 5. The molecule has 0 saturated heterocycles. The summed E-state index contributed by atoms with van der Waals surface area (Å²) in [7, 11) is -3.59. The maximum atomic E-state index is 13.3. The van der Waals surface area contributed by atoms with Crippen LogP contribution < -0.4 is 0 Å². The van der Waals surface area contributed by atoms with Crippen LogP contribution in [0.3, 0.4) is 0 Å². The fourth-order valence-corrected chi connectivity index (χ4v) is 5.05. The highest BCUT2D eigenvalue weighted by atomic mass is 32.2. The second kappa shape index (κ2) is 6.66. The molecule has 24 heavy (non-hydrogen) atoms. The maximum absolute atomic E-state index is 13.3. The molecule has 0 fully saturated rings. The summed E-state index contributed by atoms with van der Waals surface area (Å²) in [4.78, 5) is 0. The summed E-state index contributed by atoms with van der Waals surface area (Å²) in [5, 5.41) is 0. The molecule has 2 aromatic rings. The first kappa shape index (κ1) is 17.1. The van der Waals surface area contributed by atoms with Gasteiger partial charge < -0.3 is 4.57 Å². The van der Waals surface area contributed by atoms with Gasteiger partial charge in [-0.3, -0.25) is 0 Å². The summed E-state index contributed by atoms with van der Waals surface area (Å²) in [6.45, 7) is 5.52. The molecule has 0 amide bonds. The minimum Gasteiger partial charge on any atom is -0.348 e. The summed E-state index contributed by atoms with van der Waals surface area (Å²) >= 11 is 0. The molecule has 7 heteroatoms. The topological polar surface area (TPSA) is 45.6 Å². The number of hydrogen-bond acceptors (Lipinski definition) is 2. The SMILES string of the molecule is CCN(CC)S(=O)(=O)N1CCn2cccc2C1c1ccc(F)cc1. The fraction of sp³-hybridized carbons (Fsp3) is 0.412. The number of nitrogens with zero attached hydrogens (tertiary/aromatic N) is 3. The van der Waals surface area contributed by atoms with Crippen LogP contribution in [0.1, 0.15) is 31.1 Å². The summed E-state index contributed by atoms with van der Waals surface area (Å²) < 4.78 is 44.6. The minimum absolute atomic E-state index is 0.330. The van der Waals surface area contributed by atoms with Gasteiger partial charge in [-0.25, -0.2) is 4.39 Å². The molecule has 1 aromatic heterocycles. The van der Waals surface area contributed by atoms with Gasteiger partial charge in [0.25, 0.3) is 10.2 Å². The van der Waals surface area contributed by atoms with Crippen LogP contribution in [0.4, 0.5) is 4.39 Å². The Bertz CT molecular complexity index is 797. The molecule has 1 unspecified atom stereocenters. The van der Waals surface area contributed by atoms with Gasteiger partial charge in [0, 0.05) is 38.1 Å². The molecule has 1 atom stereocenters. The van der Waals surface area contributed by atoms with Gasteiger partial charge in [-0.15, -0.1) is 0 Å². The molecular weight excluding hydrogens is 329 g/mol. The summed E-state index contributed by atoms with van der Waals surface area (Å²) in [6, 6.07) is 9.47. The van der Waals surface area contributed by atoms with Crippen molar-refractivity contribution >= 4 is 10.2 Å². The van der Waals surface area contributed by atoms with Crippen LogP contribution in [0.5, 0.6) is 0 Å². The average Bonchev–Trinajstić information content (AvgIpc) is 3.04. The van der Waals surface area contributed by atoms with Gasteiger partial charge in [0.1, 0.15) is 5.82 Å². The Morgan fingerprint density at radius 1 is 1.12 bits per heavy atom. The molecule has 1 aromatic carbocycles. The summed E-state index contributed by atoms with van der Waals surface area (Å²) in [5.41, 5.74) is 1.68. The number of fused-ring (bicyclic) bond motifs is 1. The number of benzene rings is 1. The maximum Gasteiger partial charge on any atom is 0.282 e. The minimum atomic E-state index is -3.59. The predicted molar refractivity (Wildman–Crippen MR) is 91.2 cm³/mol.